The third-order valence-corrected chi connectivity index (χ3v) is 5.51. The molecule has 0 spiro atoms. The summed E-state index contributed by atoms with van der Waals surface area (Å²) in [5.41, 5.74) is 1.09. The van der Waals surface area contributed by atoms with Gasteiger partial charge in [-0.2, -0.15) is 0 Å². The molecule has 1 aromatic heterocycles. The third kappa shape index (κ3) is 3.25. The molecule has 0 N–H and O–H groups in total. The van der Waals surface area contributed by atoms with Crippen LogP contribution in [0.3, 0.4) is 0 Å². The molecule has 0 nitrogen and oxygen atoms in total. The van der Waals surface area contributed by atoms with Gasteiger partial charge in [-0.1, -0.05) is 46.1 Å². The van der Waals surface area contributed by atoms with E-state index in [4.69, 9.17) is 23.2 Å². The average molecular weight is 350 g/mol. The van der Waals surface area contributed by atoms with E-state index in [1.807, 2.05) is 23.5 Å². The molecule has 0 aliphatic rings. The van der Waals surface area contributed by atoms with Crippen molar-refractivity contribution in [3.8, 4) is 0 Å². The molecule has 2 aromatic rings. The summed E-state index contributed by atoms with van der Waals surface area (Å²) < 4.78 is 0. The maximum Gasteiger partial charge on any atom is 0.0739 e. The first-order valence-electron chi connectivity index (χ1n) is 5.29. The Morgan fingerprint density at radius 1 is 1.18 bits per heavy atom. The molecule has 17 heavy (non-hydrogen) atoms. The Morgan fingerprint density at radius 2 is 1.82 bits per heavy atom. The van der Waals surface area contributed by atoms with Gasteiger partial charge in [-0.25, -0.2) is 0 Å². The number of benzene rings is 1. The first kappa shape index (κ1) is 13.4. The minimum absolute atomic E-state index is 0.156. The van der Waals surface area contributed by atoms with Gasteiger partial charge in [0.15, 0.2) is 0 Å². The molecule has 0 amide bonds. The summed E-state index contributed by atoms with van der Waals surface area (Å²) >= 11 is 17.5. The normalized spacial score (nSPS) is 12.7. The number of alkyl halides is 1. The summed E-state index contributed by atoms with van der Waals surface area (Å²) in [7, 11) is 0. The maximum atomic E-state index is 6.01. The van der Waals surface area contributed by atoms with Crippen molar-refractivity contribution in [1.29, 1.82) is 0 Å². The van der Waals surface area contributed by atoms with Crippen LogP contribution in [-0.4, -0.2) is 0 Å². The lowest BCUT2D eigenvalue weighted by Gasteiger charge is -2.09. The monoisotopic (exact) mass is 348 g/mol. The van der Waals surface area contributed by atoms with E-state index in [9.17, 15) is 0 Å². The minimum atomic E-state index is 0.156. The second-order valence-corrected chi connectivity index (χ2v) is 6.71. The summed E-state index contributed by atoms with van der Waals surface area (Å²) in [6.45, 7) is 2.16. The first-order valence-corrected chi connectivity index (χ1v) is 7.77. The predicted molar refractivity (Wildman–Crippen MR) is 80.9 cm³/mol. The zero-order valence-electron chi connectivity index (χ0n) is 9.21. The quantitative estimate of drug-likeness (QED) is 0.587. The Morgan fingerprint density at radius 3 is 2.35 bits per heavy atom. The highest BCUT2D eigenvalue weighted by molar-refractivity contribution is 9.09. The Hall–Kier alpha value is -0.0200. The van der Waals surface area contributed by atoms with Gasteiger partial charge in [0, 0.05) is 19.8 Å². The fourth-order valence-electron chi connectivity index (χ4n) is 1.61. The SMILES string of the molecule is CCc1ccc(C(Br)c2cc(Cl)cc(Cl)c2)s1. The molecule has 1 aromatic carbocycles. The van der Waals surface area contributed by atoms with Gasteiger partial charge >= 0.3 is 0 Å². The van der Waals surface area contributed by atoms with Gasteiger partial charge in [0.2, 0.25) is 0 Å². The second-order valence-electron chi connectivity index (χ2n) is 3.72. The van der Waals surface area contributed by atoms with Crippen molar-refractivity contribution in [3.63, 3.8) is 0 Å². The molecule has 0 saturated heterocycles. The van der Waals surface area contributed by atoms with Crippen molar-refractivity contribution in [2.24, 2.45) is 0 Å². The lowest BCUT2D eigenvalue weighted by atomic mass is 10.1. The van der Waals surface area contributed by atoms with Gasteiger partial charge in [-0.05, 0) is 42.3 Å². The van der Waals surface area contributed by atoms with Crippen LogP contribution in [0.25, 0.3) is 0 Å². The molecule has 90 valence electrons. The van der Waals surface area contributed by atoms with Gasteiger partial charge < -0.3 is 0 Å². The van der Waals surface area contributed by atoms with Crippen molar-refractivity contribution in [3.05, 3.63) is 55.7 Å². The lowest BCUT2D eigenvalue weighted by molar-refractivity contribution is 1.19. The molecule has 1 atom stereocenters. The molecule has 0 aliphatic heterocycles. The number of halogens is 3. The van der Waals surface area contributed by atoms with E-state index < -0.39 is 0 Å². The van der Waals surface area contributed by atoms with Crippen molar-refractivity contribution in [2.75, 3.05) is 0 Å². The predicted octanol–water partition coefficient (Wildman–Crippen LogP) is 6.10. The minimum Gasteiger partial charge on any atom is -0.144 e. The fourth-order valence-corrected chi connectivity index (χ4v) is 3.81. The number of hydrogen-bond acceptors (Lipinski definition) is 1. The lowest BCUT2D eigenvalue weighted by Crippen LogP contribution is -1.89. The fraction of sp³-hybridized carbons (Fsp3) is 0.231. The standard InChI is InChI=1S/C13H11BrCl2S/c1-2-11-3-4-12(17-11)13(14)8-5-9(15)7-10(16)6-8/h3-7,13H,2H2,1H3. The van der Waals surface area contributed by atoms with Crippen molar-refractivity contribution >= 4 is 50.5 Å². The van der Waals surface area contributed by atoms with E-state index in [2.05, 4.69) is 35.0 Å². The largest absolute Gasteiger partial charge is 0.144 e. The molecule has 0 bridgehead atoms. The van der Waals surface area contributed by atoms with Gasteiger partial charge in [0.05, 0.1) is 4.83 Å². The number of hydrogen-bond donors (Lipinski definition) is 0. The molecule has 0 aliphatic carbocycles. The van der Waals surface area contributed by atoms with Crippen molar-refractivity contribution in [1.82, 2.24) is 0 Å². The van der Waals surface area contributed by atoms with Crippen LogP contribution in [0, 0.1) is 0 Å². The third-order valence-electron chi connectivity index (χ3n) is 2.46. The molecule has 2 rings (SSSR count). The van der Waals surface area contributed by atoms with Crippen LogP contribution in [0.4, 0.5) is 0 Å². The van der Waals surface area contributed by atoms with Gasteiger partial charge in [-0.3, -0.25) is 0 Å². The molecule has 4 heteroatoms. The summed E-state index contributed by atoms with van der Waals surface area (Å²) in [5.74, 6) is 0. The highest BCUT2D eigenvalue weighted by atomic mass is 79.9. The average Bonchev–Trinajstić information content (AvgIpc) is 2.75. The van der Waals surface area contributed by atoms with Crippen molar-refractivity contribution < 1.29 is 0 Å². The Bertz CT molecular complexity index is 502. The van der Waals surface area contributed by atoms with Crippen LogP contribution in [0.2, 0.25) is 10.0 Å². The van der Waals surface area contributed by atoms with Gasteiger partial charge in [0.1, 0.15) is 0 Å². The Kier molecular flexibility index (Phi) is 4.53. The topological polar surface area (TPSA) is 0 Å². The molecule has 0 saturated carbocycles. The smallest absolute Gasteiger partial charge is 0.0739 e. The number of aryl methyl sites for hydroxylation is 1. The van der Waals surface area contributed by atoms with E-state index in [1.165, 1.54) is 9.75 Å². The van der Waals surface area contributed by atoms with E-state index in [1.54, 1.807) is 6.07 Å². The second kappa shape index (κ2) is 5.75. The van der Waals surface area contributed by atoms with Crippen LogP contribution < -0.4 is 0 Å². The highest BCUT2D eigenvalue weighted by Crippen LogP contribution is 2.37. The van der Waals surface area contributed by atoms with E-state index in [0.717, 1.165) is 12.0 Å². The van der Waals surface area contributed by atoms with Gasteiger partial charge in [-0.15, -0.1) is 11.3 Å². The molecule has 1 unspecified atom stereocenters. The van der Waals surface area contributed by atoms with Crippen LogP contribution >= 0.6 is 50.5 Å². The number of thiophene rings is 1. The van der Waals surface area contributed by atoms with E-state index in [0.29, 0.717) is 10.0 Å². The summed E-state index contributed by atoms with van der Waals surface area (Å²) in [6.07, 6.45) is 1.07. The summed E-state index contributed by atoms with van der Waals surface area (Å²) in [5, 5.41) is 1.34. The Labute approximate surface area is 124 Å². The summed E-state index contributed by atoms with van der Waals surface area (Å²) in [6, 6.07) is 9.95. The molecular formula is C13H11BrCl2S. The zero-order chi connectivity index (χ0) is 12.4. The Balaban J connectivity index is 2.32. The van der Waals surface area contributed by atoms with Gasteiger partial charge in [0.25, 0.3) is 0 Å². The van der Waals surface area contributed by atoms with Crippen LogP contribution in [0.5, 0.6) is 0 Å². The van der Waals surface area contributed by atoms with Crippen molar-refractivity contribution in [2.45, 2.75) is 18.2 Å². The summed E-state index contributed by atoms with van der Waals surface area (Å²) in [4.78, 5) is 2.82. The first-order chi connectivity index (χ1) is 8.10. The molecule has 0 radical (unpaired) electrons. The zero-order valence-corrected chi connectivity index (χ0v) is 13.1. The van der Waals surface area contributed by atoms with E-state index >= 15 is 0 Å². The van der Waals surface area contributed by atoms with Crippen LogP contribution in [-0.2, 0) is 6.42 Å². The molecular weight excluding hydrogens is 339 g/mol. The maximum absolute atomic E-state index is 6.01. The van der Waals surface area contributed by atoms with Crippen LogP contribution in [0.1, 0.15) is 27.1 Å². The van der Waals surface area contributed by atoms with E-state index in [-0.39, 0.29) is 4.83 Å². The van der Waals surface area contributed by atoms with Crippen LogP contribution in [0.15, 0.2) is 30.3 Å². The highest BCUT2D eigenvalue weighted by Gasteiger charge is 2.13. The molecule has 1 heterocycles. The molecule has 0 fully saturated rings. The number of rotatable bonds is 3.